The average Bonchev–Trinajstić information content (AvgIpc) is 2.68. The van der Waals surface area contributed by atoms with Crippen LogP contribution in [0.1, 0.15) is 44.2 Å². The molecular weight excluding hydrogens is 226 g/mol. The van der Waals surface area contributed by atoms with Crippen LogP contribution in [0.25, 0.3) is 0 Å². The fraction of sp³-hybridized carbons (Fsp3) is 0.571. The van der Waals surface area contributed by atoms with Gasteiger partial charge in [0.05, 0.1) is 6.04 Å². The van der Waals surface area contributed by atoms with Gasteiger partial charge in [0.15, 0.2) is 0 Å². The van der Waals surface area contributed by atoms with Crippen LogP contribution in [0, 0.1) is 0 Å². The maximum atomic E-state index is 12.1. The summed E-state index contributed by atoms with van der Waals surface area (Å²) in [5, 5.41) is 3.04. The zero-order chi connectivity index (χ0) is 12.8. The first-order valence-corrected chi connectivity index (χ1v) is 6.73. The largest absolute Gasteiger partial charge is 0.331 e. The second-order valence-electron chi connectivity index (χ2n) is 4.86. The topological polar surface area (TPSA) is 45.2 Å². The van der Waals surface area contributed by atoms with Crippen molar-refractivity contribution in [1.82, 2.24) is 15.2 Å². The van der Waals surface area contributed by atoms with Crippen LogP contribution < -0.4 is 5.32 Å². The third-order valence-corrected chi connectivity index (χ3v) is 3.42. The Kier molecular flexibility index (Phi) is 4.56. The minimum atomic E-state index is 0.00875. The SMILES string of the molecule is CC(NC(=O)N1CCCCCC1)c1cccnc1. The second kappa shape index (κ2) is 6.38. The Morgan fingerprint density at radius 2 is 2.06 bits per heavy atom. The van der Waals surface area contributed by atoms with Crippen molar-refractivity contribution in [2.45, 2.75) is 38.6 Å². The predicted octanol–water partition coefficient (Wildman–Crippen LogP) is 2.73. The average molecular weight is 247 g/mol. The van der Waals surface area contributed by atoms with E-state index in [0.717, 1.165) is 31.5 Å². The Bertz CT molecular complexity index is 372. The number of hydrogen-bond acceptors (Lipinski definition) is 2. The minimum Gasteiger partial charge on any atom is -0.331 e. The van der Waals surface area contributed by atoms with E-state index in [1.807, 2.05) is 24.0 Å². The van der Waals surface area contributed by atoms with Gasteiger partial charge in [0, 0.05) is 25.5 Å². The van der Waals surface area contributed by atoms with Gasteiger partial charge in [0.1, 0.15) is 0 Å². The summed E-state index contributed by atoms with van der Waals surface area (Å²) in [7, 11) is 0. The molecule has 1 atom stereocenters. The van der Waals surface area contributed by atoms with Gasteiger partial charge in [-0.3, -0.25) is 4.98 Å². The Morgan fingerprint density at radius 1 is 1.33 bits per heavy atom. The van der Waals surface area contributed by atoms with Gasteiger partial charge >= 0.3 is 6.03 Å². The molecule has 0 bridgehead atoms. The highest BCUT2D eigenvalue weighted by molar-refractivity contribution is 5.74. The quantitative estimate of drug-likeness (QED) is 0.873. The number of pyridine rings is 1. The summed E-state index contributed by atoms with van der Waals surface area (Å²) in [4.78, 5) is 18.1. The molecule has 0 radical (unpaired) electrons. The number of aromatic nitrogens is 1. The van der Waals surface area contributed by atoms with E-state index >= 15 is 0 Å². The van der Waals surface area contributed by atoms with Crippen molar-refractivity contribution >= 4 is 6.03 Å². The van der Waals surface area contributed by atoms with Crippen molar-refractivity contribution < 1.29 is 4.79 Å². The molecule has 98 valence electrons. The molecule has 1 aliphatic heterocycles. The molecule has 1 fully saturated rings. The minimum absolute atomic E-state index is 0.00875. The number of nitrogens with one attached hydrogen (secondary N) is 1. The van der Waals surface area contributed by atoms with Crippen LogP contribution in [0.3, 0.4) is 0 Å². The molecule has 0 aromatic carbocycles. The highest BCUT2D eigenvalue weighted by Crippen LogP contribution is 2.13. The highest BCUT2D eigenvalue weighted by atomic mass is 16.2. The van der Waals surface area contributed by atoms with Gasteiger partial charge in [-0.1, -0.05) is 18.9 Å². The Labute approximate surface area is 108 Å². The van der Waals surface area contributed by atoms with Gasteiger partial charge in [-0.15, -0.1) is 0 Å². The summed E-state index contributed by atoms with van der Waals surface area (Å²) in [5.74, 6) is 0. The van der Waals surface area contributed by atoms with Crippen LogP contribution in [0.5, 0.6) is 0 Å². The molecule has 4 heteroatoms. The number of nitrogens with zero attached hydrogens (tertiary/aromatic N) is 2. The molecule has 1 saturated heterocycles. The fourth-order valence-corrected chi connectivity index (χ4v) is 2.27. The van der Waals surface area contributed by atoms with E-state index in [2.05, 4.69) is 10.3 Å². The lowest BCUT2D eigenvalue weighted by Gasteiger charge is -2.23. The summed E-state index contributed by atoms with van der Waals surface area (Å²) in [6.45, 7) is 3.75. The molecule has 2 amide bonds. The van der Waals surface area contributed by atoms with Crippen molar-refractivity contribution in [1.29, 1.82) is 0 Å². The van der Waals surface area contributed by atoms with Crippen molar-refractivity contribution in [3.05, 3.63) is 30.1 Å². The van der Waals surface area contributed by atoms with Gasteiger partial charge in [0.2, 0.25) is 0 Å². The predicted molar refractivity (Wildman–Crippen MR) is 71.2 cm³/mol. The monoisotopic (exact) mass is 247 g/mol. The molecule has 2 heterocycles. The summed E-state index contributed by atoms with van der Waals surface area (Å²) < 4.78 is 0. The molecule has 4 nitrogen and oxygen atoms in total. The first-order valence-electron chi connectivity index (χ1n) is 6.73. The Balaban J connectivity index is 1.90. The number of urea groups is 1. The first-order chi connectivity index (χ1) is 8.77. The smallest absolute Gasteiger partial charge is 0.317 e. The molecule has 1 aromatic heterocycles. The highest BCUT2D eigenvalue weighted by Gasteiger charge is 2.17. The molecule has 1 aliphatic rings. The van der Waals surface area contributed by atoms with Crippen LogP contribution in [0.2, 0.25) is 0 Å². The molecule has 0 saturated carbocycles. The second-order valence-corrected chi connectivity index (χ2v) is 4.86. The van der Waals surface area contributed by atoms with Crippen LogP contribution in [-0.4, -0.2) is 29.0 Å². The summed E-state index contributed by atoms with van der Waals surface area (Å²) >= 11 is 0. The Hall–Kier alpha value is -1.58. The molecule has 18 heavy (non-hydrogen) atoms. The van der Waals surface area contributed by atoms with Gasteiger partial charge < -0.3 is 10.2 Å². The van der Waals surface area contributed by atoms with Crippen molar-refractivity contribution in [3.8, 4) is 0 Å². The third kappa shape index (κ3) is 3.45. The summed E-state index contributed by atoms with van der Waals surface area (Å²) in [6, 6.07) is 3.94. The van der Waals surface area contributed by atoms with Crippen molar-refractivity contribution in [3.63, 3.8) is 0 Å². The summed E-state index contributed by atoms with van der Waals surface area (Å²) in [6.07, 6.45) is 8.26. The van der Waals surface area contributed by atoms with Gasteiger partial charge in [-0.05, 0) is 31.4 Å². The van der Waals surface area contributed by atoms with E-state index in [4.69, 9.17) is 0 Å². The van der Waals surface area contributed by atoms with Crippen LogP contribution in [0.15, 0.2) is 24.5 Å². The number of carbonyl (C=O) groups excluding carboxylic acids is 1. The molecule has 0 spiro atoms. The molecule has 1 unspecified atom stereocenters. The third-order valence-electron chi connectivity index (χ3n) is 3.42. The van der Waals surface area contributed by atoms with E-state index < -0.39 is 0 Å². The van der Waals surface area contributed by atoms with Crippen LogP contribution >= 0.6 is 0 Å². The molecular formula is C14H21N3O. The lowest BCUT2D eigenvalue weighted by atomic mass is 10.1. The Morgan fingerprint density at radius 3 is 2.67 bits per heavy atom. The number of amides is 2. The lowest BCUT2D eigenvalue weighted by Crippen LogP contribution is -2.41. The maximum Gasteiger partial charge on any atom is 0.317 e. The zero-order valence-electron chi connectivity index (χ0n) is 10.9. The van der Waals surface area contributed by atoms with E-state index in [1.54, 1.807) is 12.4 Å². The van der Waals surface area contributed by atoms with E-state index in [0.29, 0.717) is 0 Å². The van der Waals surface area contributed by atoms with Crippen LogP contribution in [-0.2, 0) is 0 Å². The lowest BCUT2D eigenvalue weighted by molar-refractivity contribution is 0.196. The number of likely N-dealkylation sites (tertiary alicyclic amines) is 1. The van der Waals surface area contributed by atoms with Crippen molar-refractivity contribution in [2.75, 3.05) is 13.1 Å². The van der Waals surface area contributed by atoms with Gasteiger partial charge in [0.25, 0.3) is 0 Å². The molecule has 2 rings (SSSR count). The fourth-order valence-electron chi connectivity index (χ4n) is 2.27. The molecule has 0 aliphatic carbocycles. The standard InChI is InChI=1S/C14H21N3O/c1-12(13-7-6-8-15-11-13)16-14(18)17-9-4-2-3-5-10-17/h6-8,11-12H,2-5,9-10H2,1H3,(H,16,18). The number of hydrogen-bond donors (Lipinski definition) is 1. The molecule has 1 N–H and O–H groups in total. The molecule has 1 aromatic rings. The number of carbonyl (C=O) groups is 1. The maximum absolute atomic E-state index is 12.1. The first kappa shape index (κ1) is 12.9. The zero-order valence-corrected chi connectivity index (χ0v) is 10.9. The number of rotatable bonds is 2. The van der Waals surface area contributed by atoms with Gasteiger partial charge in [-0.25, -0.2) is 4.79 Å². The summed E-state index contributed by atoms with van der Waals surface area (Å²) in [5.41, 5.74) is 1.04. The normalized spacial score (nSPS) is 17.9. The van der Waals surface area contributed by atoms with Crippen LogP contribution in [0.4, 0.5) is 4.79 Å². The van der Waals surface area contributed by atoms with E-state index in [1.165, 1.54) is 12.8 Å². The van der Waals surface area contributed by atoms with Gasteiger partial charge in [-0.2, -0.15) is 0 Å². The van der Waals surface area contributed by atoms with E-state index in [-0.39, 0.29) is 12.1 Å². The van der Waals surface area contributed by atoms with E-state index in [9.17, 15) is 4.79 Å². The van der Waals surface area contributed by atoms with Crippen molar-refractivity contribution in [2.24, 2.45) is 0 Å².